The normalized spacial score (nSPS) is 11.7. The first-order chi connectivity index (χ1) is 5.60. The van der Waals surface area contributed by atoms with Gasteiger partial charge in [0.15, 0.2) is 5.78 Å². The molecule has 1 N–H and O–H groups in total. The van der Waals surface area contributed by atoms with Crippen LogP contribution in [-0.2, 0) is 4.79 Å². The van der Waals surface area contributed by atoms with Gasteiger partial charge < -0.3 is 5.11 Å². The maximum atomic E-state index is 11.4. The Morgan fingerprint density at radius 2 is 1.58 bits per heavy atom. The Hall–Kier alpha value is -0.370. The first-order valence-electron chi connectivity index (χ1n) is 4.86. The summed E-state index contributed by atoms with van der Waals surface area (Å²) in [4.78, 5) is 11.4. The minimum Gasteiger partial charge on any atom is -0.382 e. The van der Waals surface area contributed by atoms with E-state index in [2.05, 4.69) is 0 Å². The Morgan fingerprint density at radius 3 is 1.83 bits per heavy atom. The van der Waals surface area contributed by atoms with Crippen LogP contribution in [0, 0.1) is 0 Å². The number of rotatable bonds is 6. The summed E-state index contributed by atoms with van der Waals surface area (Å²) >= 11 is 0. The summed E-state index contributed by atoms with van der Waals surface area (Å²) in [5.41, 5.74) is -1.03. The Bertz CT molecular complexity index is 135. The molecule has 0 heterocycles. The molecule has 0 radical (unpaired) electrons. The van der Waals surface area contributed by atoms with E-state index in [0.717, 1.165) is 12.8 Å². The zero-order chi connectivity index (χ0) is 9.61. The Kier molecular flexibility index (Phi) is 5.14. The van der Waals surface area contributed by atoms with Gasteiger partial charge in [-0.2, -0.15) is 0 Å². The molecule has 0 aromatic heterocycles. The second-order valence-corrected chi connectivity index (χ2v) is 3.31. The monoisotopic (exact) mass is 172 g/mol. The molecule has 0 fully saturated rings. The fourth-order valence-electron chi connectivity index (χ4n) is 1.56. The van der Waals surface area contributed by atoms with Gasteiger partial charge in [0.05, 0.1) is 0 Å². The third kappa shape index (κ3) is 2.94. The Balaban J connectivity index is 4.26. The first kappa shape index (κ1) is 11.6. The fraction of sp³-hybridized carbons (Fsp3) is 0.900. The lowest BCUT2D eigenvalue weighted by atomic mass is 9.87. The number of hydrogen-bond donors (Lipinski definition) is 1. The van der Waals surface area contributed by atoms with Crippen LogP contribution in [0.3, 0.4) is 0 Å². The number of carbonyl (C=O) groups is 1. The lowest BCUT2D eigenvalue weighted by Crippen LogP contribution is -2.37. The molecular formula is C10H20O2. The minimum atomic E-state index is -1.03. The van der Waals surface area contributed by atoms with Gasteiger partial charge in [-0.15, -0.1) is 0 Å². The van der Waals surface area contributed by atoms with E-state index in [-0.39, 0.29) is 5.78 Å². The first-order valence-corrected chi connectivity index (χ1v) is 4.86. The van der Waals surface area contributed by atoms with Crippen LogP contribution in [0.1, 0.15) is 52.9 Å². The molecule has 0 bridgehead atoms. The predicted molar refractivity (Wildman–Crippen MR) is 50.1 cm³/mol. The van der Waals surface area contributed by atoms with E-state index in [4.69, 9.17) is 0 Å². The number of Topliss-reactive ketones (excluding diaryl/α,β-unsaturated/α-hetero) is 1. The molecule has 0 saturated heterocycles. The highest BCUT2D eigenvalue weighted by Gasteiger charge is 2.31. The van der Waals surface area contributed by atoms with Crippen molar-refractivity contribution in [3.05, 3.63) is 0 Å². The van der Waals surface area contributed by atoms with Crippen LogP contribution >= 0.6 is 0 Å². The lowest BCUT2D eigenvalue weighted by molar-refractivity contribution is -0.138. The zero-order valence-electron chi connectivity index (χ0n) is 8.39. The summed E-state index contributed by atoms with van der Waals surface area (Å²) in [6, 6.07) is 0. The van der Waals surface area contributed by atoms with Crippen molar-refractivity contribution in [3.63, 3.8) is 0 Å². The average Bonchev–Trinajstić information content (AvgIpc) is 2.04. The molecule has 0 aliphatic rings. The van der Waals surface area contributed by atoms with Crippen LogP contribution in [0.5, 0.6) is 0 Å². The van der Waals surface area contributed by atoms with Crippen molar-refractivity contribution in [2.45, 2.75) is 58.5 Å². The van der Waals surface area contributed by atoms with Gasteiger partial charge in [-0.1, -0.05) is 33.6 Å². The van der Waals surface area contributed by atoms with Gasteiger partial charge in [0.25, 0.3) is 0 Å². The van der Waals surface area contributed by atoms with Crippen molar-refractivity contribution < 1.29 is 9.90 Å². The van der Waals surface area contributed by atoms with Gasteiger partial charge in [0.1, 0.15) is 5.60 Å². The van der Waals surface area contributed by atoms with Crippen molar-refractivity contribution >= 4 is 5.78 Å². The van der Waals surface area contributed by atoms with Crippen molar-refractivity contribution in [2.24, 2.45) is 0 Å². The third-order valence-corrected chi connectivity index (χ3v) is 2.17. The highest BCUT2D eigenvalue weighted by Crippen LogP contribution is 2.21. The largest absolute Gasteiger partial charge is 0.382 e. The van der Waals surface area contributed by atoms with E-state index in [1.165, 1.54) is 0 Å². The van der Waals surface area contributed by atoms with Crippen LogP contribution < -0.4 is 0 Å². The molecule has 0 aliphatic heterocycles. The quantitative estimate of drug-likeness (QED) is 0.667. The van der Waals surface area contributed by atoms with E-state index in [9.17, 15) is 9.90 Å². The summed E-state index contributed by atoms with van der Waals surface area (Å²) in [6.07, 6.45) is 3.38. The molecule has 0 saturated carbocycles. The third-order valence-electron chi connectivity index (χ3n) is 2.17. The zero-order valence-corrected chi connectivity index (χ0v) is 8.39. The molecule has 12 heavy (non-hydrogen) atoms. The number of ketones is 1. The fourth-order valence-corrected chi connectivity index (χ4v) is 1.56. The van der Waals surface area contributed by atoms with Crippen LogP contribution in [-0.4, -0.2) is 16.5 Å². The minimum absolute atomic E-state index is 0.00815. The summed E-state index contributed by atoms with van der Waals surface area (Å²) in [6.45, 7) is 5.78. The molecule has 2 nitrogen and oxygen atoms in total. The maximum Gasteiger partial charge on any atom is 0.164 e. The predicted octanol–water partition coefficient (Wildman–Crippen LogP) is 2.30. The maximum absolute atomic E-state index is 11.4. The van der Waals surface area contributed by atoms with Crippen LogP contribution in [0.4, 0.5) is 0 Å². The van der Waals surface area contributed by atoms with Gasteiger partial charge in [-0.05, 0) is 12.8 Å². The summed E-state index contributed by atoms with van der Waals surface area (Å²) < 4.78 is 0. The molecule has 0 atom stereocenters. The summed E-state index contributed by atoms with van der Waals surface area (Å²) in [7, 11) is 0. The van der Waals surface area contributed by atoms with Gasteiger partial charge in [-0.25, -0.2) is 0 Å². The van der Waals surface area contributed by atoms with E-state index in [1.54, 1.807) is 6.92 Å². The SMILES string of the molecule is CCCC(O)(CCC)C(=O)CC. The van der Waals surface area contributed by atoms with Gasteiger partial charge in [-0.3, -0.25) is 4.79 Å². The van der Waals surface area contributed by atoms with E-state index >= 15 is 0 Å². The lowest BCUT2D eigenvalue weighted by Gasteiger charge is -2.25. The molecule has 0 amide bonds. The highest BCUT2D eigenvalue weighted by atomic mass is 16.3. The van der Waals surface area contributed by atoms with E-state index in [0.29, 0.717) is 19.3 Å². The smallest absolute Gasteiger partial charge is 0.164 e. The summed E-state index contributed by atoms with van der Waals surface area (Å²) in [5.74, 6) is -0.00815. The van der Waals surface area contributed by atoms with Crippen LogP contribution in [0.15, 0.2) is 0 Å². The van der Waals surface area contributed by atoms with E-state index < -0.39 is 5.60 Å². The number of hydrogen-bond acceptors (Lipinski definition) is 2. The highest BCUT2D eigenvalue weighted by molar-refractivity contribution is 5.86. The second kappa shape index (κ2) is 5.31. The molecule has 0 aromatic rings. The van der Waals surface area contributed by atoms with Crippen molar-refractivity contribution in [1.29, 1.82) is 0 Å². The van der Waals surface area contributed by atoms with Gasteiger partial charge >= 0.3 is 0 Å². The van der Waals surface area contributed by atoms with Crippen LogP contribution in [0.2, 0.25) is 0 Å². The standard InChI is InChI=1S/C10H20O2/c1-4-7-10(12,8-5-2)9(11)6-3/h12H,4-8H2,1-3H3. The number of carbonyl (C=O) groups excluding carboxylic acids is 1. The van der Waals surface area contributed by atoms with E-state index in [1.807, 2.05) is 13.8 Å². The van der Waals surface area contributed by atoms with Crippen molar-refractivity contribution in [1.82, 2.24) is 0 Å². The molecule has 0 aliphatic carbocycles. The molecule has 0 rings (SSSR count). The molecule has 0 aromatic carbocycles. The Labute approximate surface area is 75.0 Å². The topological polar surface area (TPSA) is 37.3 Å². The average molecular weight is 172 g/mol. The second-order valence-electron chi connectivity index (χ2n) is 3.31. The van der Waals surface area contributed by atoms with Crippen LogP contribution in [0.25, 0.3) is 0 Å². The van der Waals surface area contributed by atoms with Gasteiger partial charge in [0, 0.05) is 6.42 Å². The van der Waals surface area contributed by atoms with Crippen molar-refractivity contribution in [2.75, 3.05) is 0 Å². The molecule has 0 unspecified atom stereocenters. The molecule has 2 heteroatoms. The Morgan fingerprint density at radius 1 is 1.17 bits per heavy atom. The molecule has 0 spiro atoms. The number of aliphatic hydroxyl groups is 1. The summed E-state index contributed by atoms with van der Waals surface area (Å²) in [5, 5.41) is 9.93. The van der Waals surface area contributed by atoms with Gasteiger partial charge in [0.2, 0.25) is 0 Å². The van der Waals surface area contributed by atoms with Crippen molar-refractivity contribution in [3.8, 4) is 0 Å². The molecular weight excluding hydrogens is 152 g/mol. The molecule has 72 valence electrons.